The van der Waals surface area contributed by atoms with Crippen molar-refractivity contribution in [1.29, 1.82) is 0 Å². The van der Waals surface area contributed by atoms with Crippen molar-refractivity contribution in [1.82, 2.24) is 9.88 Å². The van der Waals surface area contributed by atoms with E-state index in [1.165, 1.54) is 5.56 Å². The second kappa shape index (κ2) is 7.09. The van der Waals surface area contributed by atoms with E-state index in [9.17, 15) is 0 Å². The third-order valence-electron chi connectivity index (χ3n) is 4.80. The minimum absolute atomic E-state index is 0.200. The van der Waals surface area contributed by atoms with Crippen molar-refractivity contribution in [3.05, 3.63) is 52.5 Å². The predicted octanol–water partition coefficient (Wildman–Crippen LogP) is 3.09. The zero-order valence-electron chi connectivity index (χ0n) is 13.1. The molecule has 1 saturated heterocycles. The van der Waals surface area contributed by atoms with Crippen LogP contribution in [0.15, 0.2) is 41.4 Å². The van der Waals surface area contributed by atoms with Gasteiger partial charge in [-0.25, -0.2) is 0 Å². The van der Waals surface area contributed by atoms with Gasteiger partial charge in [0.2, 0.25) is 0 Å². The Balaban J connectivity index is 1.37. The predicted molar refractivity (Wildman–Crippen MR) is 90.3 cm³/mol. The molecule has 1 aliphatic carbocycles. The van der Waals surface area contributed by atoms with Crippen LogP contribution >= 0.6 is 11.3 Å². The summed E-state index contributed by atoms with van der Waals surface area (Å²) < 4.78 is 12.2. The molecule has 4 rings (SSSR count). The summed E-state index contributed by atoms with van der Waals surface area (Å²) in [5.74, 6) is 0. The van der Waals surface area contributed by atoms with E-state index >= 15 is 0 Å². The minimum Gasteiger partial charge on any atom is -0.373 e. The van der Waals surface area contributed by atoms with Crippen LogP contribution in [0.1, 0.15) is 24.0 Å². The molecule has 1 aliphatic heterocycles. The number of hydrogen-bond acceptors (Lipinski definition) is 5. The molecule has 2 fully saturated rings. The molecular formula is C18H22N2O2S. The van der Waals surface area contributed by atoms with Crippen LogP contribution in [0.25, 0.3) is 0 Å². The van der Waals surface area contributed by atoms with Gasteiger partial charge in [-0.3, -0.25) is 9.88 Å². The Bertz CT molecular complexity index is 605. The van der Waals surface area contributed by atoms with E-state index in [-0.39, 0.29) is 12.2 Å². The highest BCUT2D eigenvalue weighted by Gasteiger charge is 2.43. The van der Waals surface area contributed by atoms with Gasteiger partial charge in [0.15, 0.2) is 0 Å². The van der Waals surface area contributed by atoms with Crippen LogP contribution < -0.4 is 0 Å². The molecule has 5 heteroatoms. The van der Waals surface area contributed by atoms with Crippen molar-refractivity contribution in [2.45, 2.75) is 44.2 Å². The molecule has 0 N–H and O–H groups in total. The van der Waals surface area contributed by atoms with Crippen molar-refractivity contribution in [2.75, 3.05) is 13.2 Å². The zero-order chi connectivity index (χ0) is 15.5. The number of ether oxygens (including phenoxy) is 2. The third kappa shape index (κ3) is 3.48. The molecule has 2 aromatic heterocycles. The van der Waals surface area contributed by atoms with E-state index in [2.05, 4.69) is 32.8 Å². The van der Waals surface area contributed by atoms with Crippen LogP contribution in [-0.2, 0) is 22.6 Å². The number of fused-ring (bicyclic) bond motifs is 1. The Hall–Kier alpha value is -1.27. The number of morpholine rings is 1. The molecule has 1 saturated carbocycles. The van der Waals surface area contributed by atoms with Crippen molar-refractivity contribution in [3.8, 4) is 0 Å². The molecule has 4 nitrogen and oxygen atoms in total. The molecule has 0 radical (unpaired) electrons. The van der Waals surface area contributed by atoms with Gasteiger partial charge >= 0.3 is 0 Å². The number of rotatable bonds is 5. The van der Waals surface area contributed by atoms with E-state index in [0.29, 0.717) is 12.6 Å². The van der Waals surface area contributed by atoms with Crippen LogP contribution in [0.3, 0.4) is 0 Å². The van der Waals surface area contributed by atoms with E-state index in [1.807, 2.05) is 12.3 Å². The highest BCUT2D eigenvalue weighted by Crippen LogP contribution is 2.33. The van der Waals surface area contributed by atoms with Gasteiger partial charge in [0.1, 0.15) is 0 Å². The molecule has 2 aliphatic rings. The summed E-state index contributed by atoms with van der Waals surface area (Å²) in [5, 5.41) is 4.40. The van der Waals surface area contributed by atoms with Gasteiger partial charge in [0.05, 0.1) is 25.4 Å². The maximum Gasteiger partial charge on any atom is 0.0992 e. The number of nitrogens with zero attached hydrogens (tertiary/aromatic N) is 2. The fraction of sp³-hybridized carbons (Fsp3) is 0.500. The summed E-state index contributed by atoms with van der Waals surface area (Å²) in [6.45, 7) is 3.48. The lowest BCUT2D eigenvalue weighted by Crippen LogP contribution is -2.51. The fourth-order valence-electron chi connectivity index (χ4n) is 3.67. The smallest absolute Gasteiger partial charge is 0.0992 e. The lowest BCUT2D eigenvalue weighted by atomic mass is 10.1. The Labute approximate surface area is 141 Å². The van der Waals surface area contributed by atoms with Gasteiger partial charge in [-0.1, -0.05) is 6.07 Å². The molecule has 0 spiro atoms. The second-order valence-electron chi connectivity index (χ2n) is 6.29. The molecule has 122 valence electrons. The van der Waals surface area contributed by atoms with Crippen molar-refractivity contribution < 1.29 is 9.47 Å². The van der Waals surface area contributed by atoms with Crippen molar-refractivity contribution in [2.24, 2.45) is 0 Å². The molecule has 3 heterocycles. The second-order valence-corrected chi connectivity index (χ2v) is 7.07. The highest BCUT2D eigenvalue weighted by atomic mass is 32.1. The highest BCUT2D eigenvalue weighted by molar-refractivity contribution is 7.07. The largest absolute Gasteiger partial charge is 0.373 e. The topological polar surface area (TPSA) is 34.6 Å². The normalized spacial score (nSPS) is 27.9. The summed E-state index contributed by atoms with van der Waals surface area (Å²) in [7, 11) is 0. The number of aromatic nitrogens is 1. The summed E-state index contributed by atoms with van der Waals surface area (Å²) in [5.41, 5.74) is 2.54. The first-order valence-electron chi connectivity index (χ1n) is 8.27. The molecule has 3 atom stereocenters. The lowest BCUT2D eigenvalue weighted by Gasteiger charge is -2.39. The van der Waals surface area contributed by atoms with Crippen LogP contribution in [0.2, 0.25) is 0 Å². The van der Waals surface area contributed by atoms with Gasteiger partial charge in [0, 0.05) is 31.5 Å². The van der Waals surface area contributed by atoms with Gasteiger partial charge in [-0.2, -0.15) is 11.3 Å². The van der Waals surface area contributed by atoms with E-state index < -0.39 is 0 Å². The summed E-state index contributed by atoms with van der Waals surface area (Å²) >= 11 is 1.77. The Kier molecular flexibility index (Phi) is 4.71. The standard InChI is InChI=1S/C18H22N2O2S/c1-2-14(10-19-6-1)12-22-17-4-3-16-18(17)21-8-7-20(16)11-15-5-9-23-13-15/h1-2,5-6,9-10,13,16-18H,3-4,7-8,11-12H2/t16-,17+,18+/m0/s1. The number of hydrogen-bond donors (Lipinski definition) is 0. The van der Waals surface area contributed by atoms with Gasteiger partial charge in [-0.15, -0.1) is 0 Å². The molecule has 0 unspecified atom stereocenters. The van der Waals surface area contributed by atoms with Crippen LogP contribution in [0, 0.1) is 0 Å². The van der Waals surface area contributed by atoms with E-state index in [0.717, 1.165) is 38.1 Å². The van der Waals surface area contributed by atoms with Crippen molar-refractivity contribution >= 4 is 11.3 Å². The first kappa shape index (κ1) is 15.3. The summed E-state index contributed by atoms with van der Waals surface area (Å²) in [6.07, 6.45) is 6.31. The molecule has 2 aromatic rings. The van der Waals surface area contributed by atoms with Crippen molar-refractivity contribution in [3.63, 3.8) is 0 Å². The minimum atomic E-state index is 0.200. The monoisotopic (exact) mass is 330 g/mol. The first-order valence-corrected chi connectivity index (χ1v) is 9.21. The first-order chi connectivity index (χ1) is 11.4. The van der Waals surface area contributed by atoms with Crippen LogP contribution in [0.5, 0.6) is 0 Å². The summed E-state index contributed by atoms with van der Waals surface area (Å²) in [6, 6.07) is 6.72. The average molecular weight is 330 g/mol. The quantitative estimate of drug-likeness (QED) is 0.844. The summed E-state index contributed by atoms with van der Waals surface area (Å²) in [4.78, 5) is 6.72. The number of pyridine rings is 1. The molecule has 23 heavy (non-hydrogen) atoms. The Morgan fingerprint density at radius 1 is 1.30 bits per heavy atom. The van der Waals surface area contributed by atoms with Crippen LogP contribution in [-0.4, -0.2) is 41.3 Å². The zero-order valence-corrected chi connectivity index (χ0v) is 14.0. The molecule has 0 amide bonds. The fourth-order valence-corrected chi connectivity index (χ4v) is 4.33. The average Bonchev–Trinajstić information content (AvgIpc) is 3.24. The maximum absolute atomic E-state index is 6.15. The SMILES string of the molecule is c1cncc(CO[C@@H]2CC[C@H]3[C@H]2OCCN3Cc2ccsc2)c1. The molecular weight excluding hydrogens is 308 g/mol. The van der Waals surface area contributed by atoms with Crippen LogP contribution in [0.4, 0.5) is 0 Å². The maximum atomic E-state index is 6.15. The molecule has 0 aromatic carbocycles. The van der Waals surface area contributed by atoms with Gasteiger partial charge in [0.25, 0.3) is 0 Å². The van der Waals surface area contributed by atoms with E-state index in [1.54, 1.807) is 17.5 Å². The van der Waals surface area contributed by atoms with Gasteiger partial charge in [-0.05, 0) is 46.9 Å². The van der Waals surface area contributed by atoms with E-state index in [4.69, 9.17) is 9.47 Å². The Morgan fingerprint density at radius 3 is 3.13 bits per heavy atom. The Morgan fingerprint density at radius 2 is 2.30 bits per heavy atom. The molecule has 0 bridgehead atoms. The van der Waals surface area contributed by atoms with Gasteiger partial charge < -0.3 is 9.47 Å². The third-order valence-corrected chi connectivity index (χ3v) is 5.54. The lowest BCUT2D eigenvalue weighted by molar-refractivity contribution is -0.118. The number of thiophene rings is 1.